The predicted molar refractivity (Wildman–Crippen MR) is 178 cm³/mol. The first kappa shape index (κ1) is 31.8. The number of ether oxygens (including phenoxy) is 1. The third-order valence-corrected chi connectivity index (χ3v) is 9.81. The molecule has 244 valence electrons. The molecule has 3 aliphatic heterocycles. The second-order valence-corrected chi connectivity index (χ2v) is 12.8. The van der Waals surface area contributed by atoms with Gasteiger partial charge in [0, 0.05) is 36.3 Å². The lowest BCUT2D eigenvalue weighted by Gasteiger charge is -2.45. The molecule has 12 nitrogen and oxygen atoms in total. The number of aromatic nitrogens is 4. The van der Waals surface area contributed by atoms with Crippen LogP contribution in [0.5, 0.6) is 5.75 Å². The fourth-order valence-corrected chi connectivity index (χ4v) is 7.56. The Labute approximate surface area is 271 Å². The molecular formula is C34H46N10O2. The number of fused-ring (bicyclic) bond motifs is 3. The van der Waals surface area contributed by atoms with Crippen LogP contribution in [-0.2, 0) is 0 Å². The molecule has 0 spiro atoms. The summed E-state index contributed by atoms with van der Waals surface area (Å²) in [5.74, 6) is 1.62. The second-order valence-electron chi connectivity index (χ2n) is 12.8. The van der Waals surface area contributed by atoms with Gasteiger partial charge in [0.1, 0.15) is 23.8 Å². The van der Waals surface area contributed by atoms with Crippen LogP contribution in [0.25, 0.3) is 5.69 Å². The number of hydrogen-bond acceptors (Lipinski definition) is 10. The molecule has 3 N–H and O–H groups in total. The number of carbonyl (C=O) groups is 1. The van der Waals surface area contributed by atoms with Crippen LogP contribution in [0.15, 0.2) is 30.7 Å². The van der Waals surface area contributed by atoms with Crippen molar-refractivity contribution in [2.75, 3.05) is 37.0 Å². The Kier molecular flexibility index (Phi) is 9.42. The van der Waals surface area contributed by atoms with Gasteiger partial charge in [0.2, 0.25) is 5.95 Å². The number of likely N-dealkylation sites (tertiary alicyclic amines) is 1. The second kappa shape index (κ2) is 13.6. The van der Waals surface area contributed by atoms with Crippen molar-refractivity contribution in [1.82, 2.24) is 35.1 Å². The molecular weight excluding hydrogens is 580 g/mol. The number of hydrogen-bond donors (Lipinski definition) is 3. The van der Waals surface area contributed by atoms with Gasteiger partial charge < -0.3 is 25.6 Å². The predicted octanol–water partition coefficient (Wildman–Crippen LogP) is 4.69. The number of benzene rings is 1. The molecule has 3 aliphatic rings. The molecule has 5 heterocycles. The number of nitrogens with one attached hydrogen (secondary N) is 3. The van der Waals surface area contributed by atoms with Gasteiger partial charge in [-0.1, -0.05) is 13.8 Å². The van der Waals surface area contributed by atoms with Crippen LogP contribution in [0.3, 0.4) is 0 Å². The highest BCUT2D eigenvalue weighted by atomic mass is 16.5. The molecule has 1 unspecified atom stereocenters. The molecule has 1 aromatic carbocycles. The Morgan fingerprint density at radius 2 is 1.98 bits per heavy atom. The van der Waals surface area contributed by atoms with E-state index < -0.39 is 0 Å². The summed E-state index contributed by atoms with van der Waals surface area (Å²) >= 11 is 0. The quantitative estimate of drug-likeness (QED) is 0.307. The Morgan fingerprint density at radius 1 is 1.17 bits per heavy atom. The van der Waals surface area contributed by atoms with E-state index >= 15 is 0 Å². The maximum Gasteiger partial charge on any atom is 0.251 e. The van der Waals surface area contributed by atoms with Crippen LogP contribution in [0.4, 0.5) is 17.5 Å². The van der Waals surface area contributed by atoms with Gasteiger partial charge in [0.05, 0.1) is 30.7 Å². The maximum absolute atomic E-state index is 13.4. The monoisotopic (exact) mass is 626 g/mol. The minimum absolute atomic E-state index is 0.0517. The van der Waals surface area contributed by atoms with Crippen molar-refractivity contribution in [3.05, 3.63) is 47.7 Å². The molecule has 0 bridgehead atoms. The Balaban J connectivity index is 1.18. The lowest BCUT2D eigenvalue weighted by molar-refractivity contribution is 0.0567. The van der Waals surface area contributed by atoms with Crippen LogP contribution < -0.4 is 25.6 Å². The normalized spacial score (nSPS) is 21.8. The number of nitriles is 1. The fraction of sp³-hybridized carbons (Fsp3) is 0.559. The molecule has 12 heteroatoms. The van der Waals surface area contributed by atoms with Crippen molar-refractivity contribution in [3.8, 4) is 17.5 Å². The van der Waals surface area contributed by atoms with Crippen LogP contribution in [0.1, 0.15) is 94.0 Å². The molecule has 2 saturated heterocycles. The molecule has 2 fully saturated rings. The molecule has 3 atom stereocenters. The molecule has 0 aliphatic carbocycles. The van der Waals surface area contributed by atoms with Gasteiger partial charge in [-0.25, -0.2) is 9.97 Å². The van der Waals surface area contributed by atoms with E-state index in [1.807, 2.05) is 16.7 Å². The highest BCUT2D eigenvalue weighted by Gasteiger charge is 2.37. The summed E-state index contributed by atoms with van der Waals surface area (Å²) in [6.45, 7) is 11.8. The van der Waals surface area contributed by atoms with Gasteiger partial charge in [0.25, 0.3) is 5.91 Å². The Bertz CT molecular complexity index is 1590. The first-order chi connectivity index (χ1) is 22.4. The molecule has 46 heavy (non-hydrogen) atoms. The number of amides is 1. The zero-order valence-corrected chi connectivity index (χ0v) is 27.6. The molecule has 0 radical (unpaired) electrons. The van der Waals surface area contributed by atoms with E-state index in [0.717, 1.165) is 62.5 Å². The first-order valence-electron chi connectivity index (χ1n) is 16.7. The van der Waals surface area contributed by atoms with E-state index in [0.29, 0.717) is 40.7 Å². The zero-order chi connectivity index (χ0) is 32.4. The van der Waals surface area contributed by atoms with E-state index in [9.17, 15) is 10.1 Å². The fourth-order valence-electron chi connectivity index (χ4n) is 7.56. The summed E-state index contributed by atoms with van der Waals surface area (Å²) < 4.78 is 7.65. The van der Waals surface area contributed by atoms with Crippen molar-refractivity contribution >= 4 is 23.4 Å². The lowest BCUT2D eigenvalue weighted by atomic mass is 9.91. The van der Waals surface area contributed by atoms with E-state index in [2.05, 4.69) is 69.5 Å². The van der Waals surface area contributed by atoms with Crippen LogP contribution >= 0.6 is 0 Å². The number of piperidine rings is 2. The van der Waals surface area contributed by atoms with Gasteiger partial charge in [-0.15, -0.1) is 0 Å². The van der Waals surface area contributed by atoms with Crippen molar-refractivity contribution in [3.63, 3.8) is 0 Å². The standard InChI is InChI=1S/C34H46N10O2/c1-6-24-17-23(12-15-42(24)25-10-13-36-14-11-25)39-33(45)22-8-9-26(30(16-22)46-5)40-34-37-19-29-32(41-34)44(21(3)4)28(7-2)31-27(18-35)38-20-43(29)31/h8-9,16,19-21,23-25,28,36H,6-7,10-15,17H2,1-5H3,(H,39,45)(H,37,40,41)/t23?,24-,28-/m1/s1. The smallest absolute Gasteiger partial charge is 0.251 e. The minimum atomic E-state index is -0.0869. The highest BCUT2D eigenvalue weighted by Crippen LogP contribution is 2.42. The molecule has 3 aromatic rings. The van der Waals surface area contributed by atoms with Gasteiger partial charge in [-0.2, -0.15) is 10.2 Å². The van der Waals surface area contributed by atoms with Crippen LogP contribution in [-0.4, -0.2) is 81.2 Å². The zero-order valence-electron chi connectivity index (χ0n) is 27.6. The number of rotatable bonds is 9. The number of anilines is 3. The average Bonchev–Trinajstić information content (AvgIpc) is 3.52. The molecule has 1 amide bonds. The first-order valence-corrected chi connectivity index (χ1v) is 16.7. The number of methoxy groups -OCH3 is 1. The van der Waals surface area contributed by atoms with Gasteiger partial charge in [-0.05, 0) is 83.7 Å². The van der Waals surface area contributed by atoms with Gasteiger partial charge in [0.15, 0.2) is 11.5 Å². The number of imidazole rings is 1. The van der Waals surface area contributed by atoms with E-state index in [1.165, 1.54) is 12.8 Å². The number of carbonyl (C=O) groups excluding carboxylic acids is 1. The summed E-state index contributed by atoms with van der Waals surface area (Å²) in [6, 6.07) is 9.03. The summed E-state index contributed by atoms with van der Waals surface area (Å²) in [4.78, 5) is 32.2. The highest BCUT2D eigenvalue weighted by molar-refractivity contribution is 5.95. The summed E-state index contributed by atoms with van der Waals surface area (Å²) in [5, 5.41) is 19.8. The SMILES string of the molecule is CC[C@@H]1CC(NC(=O)c2ccc(Nc3ncc4c(n3)N(C(C)C)[C@H](CC)c3c(C#N)ncn3-4)c(OC)c2)CCN1C1CCNCC1. The maximum atomic E-state index is 13.4. The van der Waals surface area contributed by atoms with Gasteiger partial charge >= 0.3 is 0 Å². The summed E-state index contributed by atoms with van der Waals surface area (Å²) in [7, 11) is 1.60. The van der Waals surface area contributed by atoms with Crippen molar-refractivity contribution in [2.45, 2.75) is 96.4 Å². The summed E-state index contributed by atoms with van der Waals surface area (Å²) in [5.41, 5.74) is 3.28. The van der Waals surface area contributed by atoms with E-state index in [-0.39, 0.29) is 24.0 Å². The van der Waals surface area contributed by atoms with Crippen LogP contribution in [0.2, 0.25) is 0 Å². The third-order valence-electron chi connectivity index (χ3n) is 9.81. The summed E-state index contributed by atoms with van der Waals surface area (Å²) in [6.07, 6.45) is 9.66. The molecule has 0 saturated carbocycles. The number of nitrogens with zero attached hydrogens (tertiary/aromatic N) is 7. The van der Waals surface area contributed by atoms with Gasteiger partial charge in [-0.3, -0.25) is 14.3 Å². The van der Waals surface area contributed by atoms with Crippen LogP contribution in [0, 0.1) is 11.3 Å². The molecule has 6 rings (SSSR count). The van der Waals surface area contributed by atoms with Crippen molar-refractivity contribution in [2.24, 2.45) is 0 Å². The Morgan fingerprint density at radius 3 is 2.67 bits per heavy atom. The average molecular weight is 627 g/mol. The molecule has 2 aromatic heterocycles. The van der Waals surface area contributed by atoms with E-state index in [1.54, 1.807) is 25.7 Å². The minimum Gasteiger partial charge on any atom is -0.495 e. The third kappa shape index (κ3) is 6.01. The lowest BCUT2D eigenvalue weighted by Crippen LogP contribution is -2.55. The topological polar surface area (TPSA) is 136 Å². The van der Waals surface area contributed by atoms with E-state index in [4.69, 9.17) is 9.72 Å². The van der Waals surface area contributed by atoms with Crippen molar-refractivity contribution < 1.29 is 9.53 Å². The van der Waals surface area contributed by atoms with Crippen molar-refractivity contribution in [1.29, 1.82) is 5.26 Å². The largest absolute Gasteiger partial charge is 0.495 e. The Hall–Kier alpha value is -4.21.